The zero-order chi connectivity index (χ0) is 20.5. The number of carbonyl (C=O) groups excluding carboxylic acids is 4. The van der Waals surface area contributed by atoms with Gasteiger partial charge in [0.2, 0.25) is 5.91 Å². The van der Waals surface area contributed by atoms with Crippen molar-refractivity contribution >= 4 is 23.7 Å². The Bertz CT molecular complexity index is 779. The number of carbonyl (C=O) groups is 4. The molecule has 0 bridgehead atoms. The molecule has 0 spiro atoms. The van der Waals surface area contributed by atoms with Crippen LogP contribution in [-0.2, 0) is 14.3 Å². The minimum absolute atomic E-state index is 0.0826. The van der Waals surface area contributed by atoms with Crippen LogP contribution >= 0.6 is 0 Å². The standard InChI is InChI=1S/C20H25N3O5/c1-20(2,3)28-19(27)15(8-10-22-11-9-21-16(24)12-22)23-17(25)13-6-4-5-7-14(13)18(23)26/h4-7,15H,8-12H2,1-3H3,(H,21,24). The lowest BCUT2D eigenvalue weighted by atomic mass is 10.1. The smallest absolute Gasteiger partial charge is 0.329 e. The van der Waals surface area contributed by atoms with Gasteiger partial charge in [-0.2, -0.15) is 0 Å². The third-order valence-electron chi connectivity index (χ3n) is 4.65. The van der Waals surface area contributed by atoms with Gasteiger partial charge in [0, 0.05) is 19.6 Å². The molecule has 150 valence electrons. The molecule has 1 aromatic rings. The van der Waals surface area contributed by atoms with Crippen LogP contribution in [0.1, 0.15) is 47.9 Å². The molecular weight excluding hydrogens is 362 g/mol. The molecule has 1 saturated heterocycles. The quantitative estimate of drug-likeness (QED) is 0.594. The lowest BCUT2D eigenvalue weighted by Gasteiger charge is -2.31. The van der Waals surface area contributed by atoms with E-state index in [-0.39, 0.29) is 18.9 Å². The molecule has 2 aliphatic heterocycles. The van der Waals surface area contributed by atoms with Crippen LogP contribution in [0.2, 0.25) is 0 Å². The molecule has 8 heteroatoms. The van der Waals surface area contributed by atoms with Gasteiger partial charge in [-0.3, -0.25) is 24.2 Å². The van der Waals surface area contributed by atoms with Crippen LogP contribution in [-0.4, -0.2) is 71.3 Å². The number of esters is 1. The average molecular weight is 387 g/mol. The number of hydrogen-bond acceptors (Lipinski definition) is 6. The number of fused-ring (bicyclic) bond motifs is 1. The molecule has 2 heterocycles. The Balaban J connectivity index is 1.82. The fourth-order valence-electron chi connectivity index (χ4n) is 3.40. The molecule has 0 aromatic heterocycles. The van der Waals surface area contributed by atoms with Crippen LogP contribution in [0.3, 0.4) is 0 Å². The fourth-order valence-corrected chi connectivity index (χ4v) is 3.40. The van der Waals surface area contributed by atoms with Gasteiger partial charge in [-0.15, -0.1) is 0 Å². The summed E-state index contributed by atoms with van der Waals surface area (Å²) in [5.41, 5.74) is -0.171. The number of amides is 3. The summed E-state index contributed by atoms with van der Waals surface area (Å²) in [6.45, 7) is 7.00. The van der Waals surface area contributed by atoms with Crippen LogP contribution in [0.4, 0.5) is 0 Å². The van der Waals surface area contributed by atoms with Gasteiger partial charge in [-0.05, 0) is 39.3 Å². The molecule has 0 saturated carbocycles. The first-order valence-corrected chi connectivity index (χ1v) is 9.36. The number of hydrogen-bond donors (Lipinski definition) is 1. The number of nitrogens with zero attached hydrogens (tertiary/aromatic N) is 2. The first-order chi connectivity index (χ1) is 13.2. The summed E-state index contributed by atoms with van der Waals surface area (Å²) in [6.07, 6.45) is 0.202. The molecule has 8 nitrogen and oxygen atoms in total. The lowest BCUT2D eigenvalue weighted by Crippen LogP contribution is -2.51. The molecule has 1 atom stereocenters. The topological polar surface area (TPSA) is 96.0 Å². The highest BCUT2D eigenvalue weighted by Crippen LogP contribution is 2.27. The first-order valence-electron chi connectivity index (χ1n) is 9.36. The van der Waals surface area contributed by atoms with Crippen LogP contribution in [0.25, 0.3) is 0 Å². The highest BCUT2D eigenvalue weighted by Gasteiger charge is 2.44. The Kier molecular flexibility index (Phi) is 5.51. The summed E-state index contributed by atoms with van der Waals surface area (Å²) in [6, 6.07) is 5.48. The second kappa shape index (κ2) is 7.71. The van der Waals surface area contributed by atoms with Gasteiger partial charge in [0.25, 0.3) is 11.8 Å². The van der Waals surface area contributed by atoms with E-state index in [1.165, 1.54) is 0 Å². The molecule has 1 N–H and O–H groups in total. The van der Waals surface area contributed by atoms with E-state index in [1.54, 1.807) is 45.0 Å². The SMILES string of the molecule is CC(C)(C)OC(=O)C(CCN1CCNC(=O)C1)N1C(=O)c2ccccc2C1=O. The Morgan fingerprint density at radius 2 is 1.75 bits per heavy atom. The number of imide groups is 1. The molecule has 2 aliphatic rings. The third kappa shape index (κ3) is 4.22. The molecule has 1 unspecified atom stereocenters. The van der Waals surface area contributed by atoms with E-state index >= 15 is 0 Å². The molecule has 3 amide bonds. The van der Waals surface area contributed by atoms with Crippen molar-refractivity contribution in [3.05, 3.63) is 35.4 Å². The van der Waals surface area contributed by atoms with E-state index in [9.17, 15) is 19.2 Å². The number of rotatable bonds is 5. The van der Waals surface area contributed by atoms with Gasteiger partial charge < -0.3 is 10.1 Å². The van der Waals surface area contributed by atoms with Gasteiger partial charge in [0.15, 0.2) is 0 Å². The van der Waals surface area contributed by atoms with Gasteiger partial charge in [0.1, 0.15) is 11.6 Å². The van der Waals surface area contributed by atoms with Gasteiger partial charge in [-0.25, -0.2) is 4.79 Å². The van der Waals surface area contributed by atoms with Crippen molar-refractivity contribution < 1.29 is 23.9 Å². The normalized spacial score (nSPS) is 18.7. The van der Waals surface area contributed by atoms with E-state index in [0.29, 0.717) is 30.8 Å². The second-order valence-electron chi connectivity index (χ2n) is 7.99. The number of nitrogens with one attached hydrogen (secondary N) is 1. The Morgan fingerprint density at radius 3 is 2.29 bits per heavy atom. The highest BCUT2D eigenvalue weighted by molar-refractivity contribution is 6.22. The second-order valence-corrected chi connectivity index (χ2v) is 7.99. The maximum Gasteiger partial charge on any atom is 0.329 e. The fraction of sp³-hybridized carbons (Fsp3) is 0.500. The van der Waals surface area contributed by atoms with Gasteiger partial charge in [-0.1, -0.05) is 12.1 Å². The van der Waals surface area contributed by atoms with E-state index in [4.69, 9.17) is 4.74 Å². The van der Waals surface area contributed by atoms with Crippen LogP contribution in [0.15, 0.2) is 24.3 Å². The number of ether oxygens (including phenoxy) is 1. The summed E-state index contributed by atoms with van der Waals surface area (Å²) in [5.74, 6) is -1.69. The van der Waals surface area contributed by atoms with Gasteiger partial charge >= 0.3 is 5.97 Å². The average Bonchev–Trinajstić information content (AvgIpc) is 2.86. The van der Waals surface area contributed by atoms with E-state index in [2.05, 4.69) is 5.32 Å². The molecule has 1 aromatic carbocycles. The lowest BCUT2D eigenvalue weighted by molar-refractivity contribution is -0.160. The van der Waals surface area contributed by atoms with Crippen molar-refractivity contribution in [1.29, 1.82) is 0 Å². The number of piperazine rings is 1. The highest BCUT2D eigenvalue weighted by atomic mass is 16.6. The van der Waals surface area contributed by atoms with E-state index < -0.39 is 29.4 Å². The summed E-state index contributed by atoms with van der Waals surface area (Å²) in [4.78, 5) is 53.0. The third-order valence-corrected chi connectivity index (χ3v) is 4.65. The summed E-state index contributed by atoms with van der Waals surface area (Å²) in [5, 5.41) is 2.74. The molecule has 28 heavy (non-hydrogen) atoms. The van der Waals surface area contributed by atoms with Crippen molar-refractivity contribution in [2.24, 2.45) is 0 Å². The van der Waals surface area contributed by atoms with Gasteiger partial charge in [0.05, 0.1) is 17.7 Å². The van der Waals surface area contributed by atoms with E-state index in [1.807, 2.05) is 4.90 Å². The van der Waals surface area contributed by atoms with Crippen molar-refractivity contribution in [2.45, 2.75) is 38.8 Å². The molecular formula is C20H25N3O5. The summed E-state index contributed by atoms with van der Waals surface area (Å²) in [7, 11) is 0. The zero-order valence-electron chi connectivity index (χ0n) is 16.4. The Labute approximate surface area is 163 Å². The van der Waals surface area contributed by atoms with Crippen LogP contribution in [0, 0.1) is 0 Å². The molecule has 1 fully saturated rings. The monoisotopic (exact) mass is 387 g/mol. The maximum atomic E-state index is 12.9. The van der Waals surface area contributed by atoms with Crippen molar-refractivity contribution in [1.82, 2.24) is 15.1 Å². The zero-order valence-corrected chi connectivity index (χ0v) is 16.4. The van der Waals surface area contributed by atoms with Crippen LogP contribution < -0.4 is 5.32 Å². The van der Waals surface area contributed by atoms with Crippen molar-refractivity contribution in [3.8, 4) is 0 Å². The predicted octanol–water partition coefficient (Wildman–Crippen LogP) is 0.815. The molecule has 0 radical (unpaired) electrons. The van der Waals surface area contributed by atoms with Crippen LogP contribution in [0.5, 0.6) is 0 Å². The Morgan fingerprint density at radius 1 is 1.14 bits per heavy atom. The Hall–Kier alpha value is -2.74. The van der Waals surface area contributed by atoms with Crippen molar-refractivity contribution in [3.63, 3.8) is 0 Å². The first kappa shape index (κ1) is 20.0. The maximum absolute atomic E-state index is 12.9. The minimum Gasteiger partial charge on any atom is -0.458 e. The molecule has 0 aliphatic carbocycles. The van der Waals surface area contributed by atoms with E-state index in [0.717, 1.165) is 4.90 Å². The summed E-state index contributed by atoms with van der Waals surface area (Å²) >= 11 is 0. The minimum atomic E-state index is -1.04. The number of benzene rings is 1. The predicted molar refractivity (Wildman–Crippen MR) is 101 cm³/mol. The largest absolute Gasteiger partial charge is 0.458 e. The summed E-state index contributed by atoms with van der Waals surface area (Å²) < 4.78 is 5.49. The van der Waals surface area contributed by atoms with Crippen molar-refractivity contribution in [2.75, 3.05) is 26.2 Å². The molecule has 3 rings (SSSR count).